The SMILES string of the molecule is C=CCOC(=O)c1cc(N)cc(OC)c1. The van der Waals surface area contributed by atoms with E-state index in [9.17, 15) is 4.79 Å². The highest BCUT2D eigenvalue weighted by Gasteiger charge is 2.08. The third kappa shape index (κ3) is 3.02. The molecule has 4 nitrogen and oxygen atoms in total. The van der Waals surface area contributed by atoms with Crippen LogP contribution in [0.5, 0.6) is 5.75 Å². The Balaban J connectivity index is 2.88. The van der Waals surface area contributed by atoms with E-state index in [0.29, 0.717) is 17.0 Å². The van der Waals surface area contributed by atoms with E-state index in [0.717, 1.165) is 0 Å². The van der Waals surface area contributed by atoms with Crippen LogP contribution >= 0.6 is 0 Å². The number of nitrogen functional groups attached to an aromatic ring is 1. The monoisotopic (exact) mass is 207 g/mol. The molecule has 0 aliphatic carbocycles. The molecule has 0 atom stereocenters. The van der Waals surface area contributed by atoms with Gasteiger partial charge in [-0.3, -0.25) is 0 Å². The highest BCUT2D eigenvalue weighted by molar-refractivity contribution is 5.91. The summed E-state index contributed by atoms with van der Waals surface area (Å²) in [6, 6.07) is 4.74. The van der Waals surface area contributed by atoms with Gasteiger partial charge in [-0.15, -0.1) is 0 Å². The predicted octanol–water partition coefficient (Wildman–Crippen LogP) is 1.62. The second kappa shape index (κ2) is 5.05. The van der Waals surface area contributed by atoms with Crippen LogP contribution in [0.25, 0.3) is 0 Å². The van der Waals surface area contributed by atoms with Crippen LogP contribution in [0.15, 0.2) is 30.9 Å². The lowest BCUT2D eigenvalue weighted by Gasteiger charge is -2.05. The van der Waals surface area contributed by atoms with Crippen LogP contribution in [0, 0.1) is 0 Å². The zero-order valence-corrected chi connectivity index (χ0v) is 8.53. The summed E-state index contributed by atoms with van der Waals surface area (Å²) >= 11 is 0. The molecule has 0 amide bonds. The summed E-state index contributed by atoms with van der Waals surface area (Å²) in [7, 11) is 1.51. The molecule has 0 aliphatic heterocycles. The van der Waals surface area contributed by atoms with E-state index in [1.54, 1.807) is 12.1 Å². The number of methoxy groups -OCH3 is 1. The maximum Gasteiger partial charge on any atom is 0.338 e. The number of hydrogen-bond donors (Lipinski definition) is 1. The average Bonchev–Trinajstić information content (AvgIpc) is 2.24. The predicted molar refractivity (Wildman–Crippen MR) is 57.9 cm³/mol. The summed E-state index contributed by atoms with van der Waals surface area (Å²) < 4.78 is 9.85. The molecule has 1 aromatic rings. The number of rotatable bonds is 4. The van der Waals surface area contributed by atoms with Crippen molar-refractivity contribution < 1.29 is 14.3 Å². The quantitative estimate of drug-likeness (QED) is 0.463. The van der Waals surface area contributed by atoms with Crippen molar-refractivity contribution in [2.24, 2.45) is 0 Å². The van der Waals surface area contributed by atoms with Crippen molar-refractivity contribution >= 4 is 11.7 Å². The average molecular weight is 207 g/mol. The van der Waals surface area contributed by atoms with Gasteiger partial charge in [0.2, 0.25) is 0 Å². The number of nitrogens with two attached hydrogens (primary N) is 1. The molecule has 2 N–H and O–H groups in total. The first-order valence-corrected chi connectivity index (χ1v) is 4.40. The lowest BCUT2D eigenvalue weighted by molar-refractivity contribution is 0.0549. The zero-order chi connectivity index (χ0) is 11.3. The minimum Gasteiger partial charge on any atom is -0.497 e. The van der Waals surface area contributed by atoms with Crippen LogP contribution in [-0.4, -0.2) is 19.7 Å². The lowest BCUT2D eigenvalue weighted by Crippen LogP contribution is -2.06. The Morgan fingerprint density at radius 3 is 2.87 bits per heavy atom. The molecular formula is C11H13NO3. The molecule has 0 saturated heterocycles. The number of carbonyl (C=O) groups is 1. The van der Waals surface area contributed by atoms with Crippen molar-refractivity contribution in [2.45, 2.75) is 0 Å². The molecule has 0 unspecified atom stereocenters. The van der Waals surface area contributed by atoms with Crippen LogP contribution in [0.4, 0.5) is 5.69 Å². The highest BCUT2D eigenvalue weighted by atomic mass is 16.5. The maximum absolute atomic E-state index is 11.4. The first-order valence-electron chi connectivity index (χ1n) is 4.40. The summed E-state index contributed by atoms with van der Waals surface area (Å²) in [5, 5.41) is 0. The topological polar surface area (TPSA) is 61.5 Å². The van der Waals surface area contributed by atoms with E-state index in [2.05, 4.69) is 6.58 Å². The number of benzene rings is 1. The largest absolute Gasteiger partial charge is 0.497 e. The van der Waals surface area contributed by atoms with Crippen LogP contribution in [0.2, 0.25) is 0 Å². The lowest BCUT2D eigenvalue weighted by atomic mass is 10.2. The summed E-state index contributed by atoms with van der Waals surface area (Å²) in [6.07, 6.45) is 1.50. The van der Waals surface area contributed by atoms with Crippen molar-refractivity contribution in [1.29, 1.82) is 0 Å². The standard InChI is InChI=1S/C11H13NO3/c1-3-4-15-11(13)8-5-9(12)7-10(6-8)14-2/h3,5-7H,1,4,12H2,2H3. The normalized spacial score (nSPS) is 9.40. The molecular weight excluding hydrogens is 194 g/mol. The number of hydrogen-bond acceptors (Lipinski definition) is 4. The minimum atomic E-state index is -0.444. The molecule has 0 radical (unpaired) electrons. The van der Waals surface area contributed by atoms with Crippen molar-refractivity contribution in [3.63, 3.8) is 0 Å². The fourth-order valence-corrected chi connectivity index (χ4v) is 1.08. The van der Waals surface area contributed by atoms with E-state index >= 15 is 0 Å². The van der Waals surface area contributed by atoms with E-state index in [1.807, 2.05) is 0 Å². The van der Waals surface area contributed by atoms with Gasteiger partial charge in [0, 0.05) is 11.8 Å². The number of anilines is 1. The third-order valence-electron chi connectivity index (χ3n) is 1.73. The molecule has 0 spiro atoms. The fraction of sp³-hybridized carbons (Fsp3) is 0.182. The van der Waals surface area contributed by atoms with E-state index < -0.39 is 5.97 Å². The smallest absolute Gasteiger partial charge is 0.338 e. The summed E-state index contributed by atoms with van der Waals surface area (Å²) in [6.45, 7) is 3.63. The number of carbonyl (C=O) groups excluding carboxylic acids is 1. The molecule has 80 valence electrons. The van der Waals surface area contributed by atoms with E-state index in [1.165, 1.54) is 19.3 Å². The Morgan fingerprint density at radius 2 is 2.27 bits per heavy atom. The molecule has 0 saturated carbocycles. The Labute approximate surface area is 88.3 Å². The third-order valence-corrected chi connectivity index (χ3v) is 1.73. The molecule has 15 heavy (non-hydrogen) atoms. The second-order valence-electron chi connectivity index (χ2n) is 2.88. The summed E-state index contributed by atoms with van der Waals surface area (Å²) in [5.74, 6) is 0.0843. The van der Waals surface area contributed by atoms with E-state index in [4.69, 9.17) is 15.2 Å². The van der Waals surface area contributed by atoms with Gasteiger partial charge in [0.15, 0.2) is 0 Å². The summed E-state index contributed by atoms with van der Waals surface area (Å²) in [4.78, 5) is 11.4. The van der Waals surface area contributed by atoms with Gasteiger partial charge in [-0.25, -0.2) is 4.79 Å². The van der Waals surface area contributed by atoms with Crippen LogP contribution in [0.3, 0.4) is 0 Å². The Hall–Kier alpha value is -1.97. The molecule has 0 aromatic heterocycles. The van der Waals surface area contributed by atoms with Gasteiger partial charge >= 0.3 is 5.97 Å². The molecule has 0 bridgehead atoms. The second-order valence-corrected chi connectivity index (χ2v) is 2.88. The van der Waals surface area contributed by atoms with Gasteiger partial charge < -0.3 is 15.2 Å². The Bertz CT molecular complexity index is 374. The molecule has 1 aromatic carbocycles. The zero-order valence-electron chi connectivity index (χ0n) is 8.53. The Morgan fingerprint density at radius 1 is 1.53 bits per heavy atom. The van der Waals surface area contributed by atoms with Crippen LogP contribution in [-0.2, 0) is 4.74 Å². The van der Waals surface area contributed by atoms with Gasteiger partial charge in [0.1, 0.15) is 12.4 Å². The van der Waals surface area contributed by atoms with Gasteiger partial charge in [-0.1, -0.05) is 12.7 Å². The highest BCUT2D eigenvalue weighted by Crippen LogP contribution is 2.18. The van der Waals surface area contributed by atoms with Crippen LogP contribution in [0.1, 0.15) is 10.4 Å². The maximum atomic E-state index is 11.4. The van der Waals surface area contributed by atoms with Crippen LogP contribution < -0.4 is 10.5 Å². The molecule has 0 heterocycles. The summed E-state index contributed by atoms with van der Waals surface area (Å²) in [5.41, 5.74) is 6.42. The van der Waals surface area contributed by atoms with Crippen molar-refractivity contribution in [3.8, 4) is 5.75 Å². The fourth-order valence-electron chi connectivity index (χ4n) is 1.08. The van der Waals surface area contributed by atoms with Crippen molar-refractivity contribution in [2.75, 3.05) is 19.5 Å². The number of esters is 1. The first kappa shape index (κ1) is 11.1. The van der Waals surface area contributed by atoms with Gasteiger partial charge in [-0.2, -0.15) is 0 Å². The van der Waals surface area contributed by atoms with E-state index in [-0.39, 0.29) is 6.61 Å². The molecule has 4 heteroatoms. The molecule has 1 rings (SSSR count). The van der Waals surface area contributed by atoms with Gasteiger partial charge in [0.05, 0.1) is 12.7 Å². The Kier molecular flexibility index (Phi) is 3.74. The van der Waals surface area contributed by atoms with Crippen molar-refractivity contribution in [1.82, 2.24) is 0 Å². The van der Waals surface area contributed by atoms with Gasteiger partial charge in [0.25, 0.3) is 0 Å². The van der Waals surface area contributed by atoms with Crippen molar-refractivity contribution in [3.05, 3.63) is 36.4 Å². The minimum absolute atomic E-state index is 0.177. The molecule has 0 fully saturated rings. The number of ether oxygens (including phenoxy) is 2. The van der Waals surface area contributed by atoms with Gasteiger partial charge in [-0.05, 0) is 12.1 Å². The molecule has 0 aliphatic rings. The first-order chi connectivity index (χ1) is 7.17.